The third-order valence-electron chi connectivity index (χ3n) is 3.70. The lowest BCUT2D eigenvalue weighted by molar-refractivity contribution is 0.669. The van der Waals surface area contributed by atoms with Crippen molar-refractivity contribution in [3.05, 3.63) is 40.7 Å². The van der Waals surface area contributed by atoms with Gasteiger partial charge in [0.25, 0.3) is 0 Å². The number of rotatable bonds is 4. The Morgan fingerprint density at radius 2 is 2.21 bits per heavy atom. The minimum absolute atomic E-state index is 0.227. The summed E-state index contributed by atoms with van der Waals surface area (Å²) in [6, 6.07) is 4.14. The van der Waals surface area contributed by atoms with Crippen LogP contribution in [0.3, 0.4) is 0 Å². The van der Waals surface area contributed by atoms with Crippen molar-refractivity contribution in [2.75, 3.05) is 0 Å². The maximum Gasteiger partial charge on any atom is 0.140 e. The molecule has 0 saturated heterocycles. The first kappa shape index (κ1) is 12.6. The molecule has 5 heteroatoms. The van der Waals surface area contributed by atoms with E-state index in [2.05, 4.69) is 28.2 Å². The van der Waals surface area contributed by atoms with Crippen LogP contribution in [0.4, 0.5) is 0 Å². The van der Waals surface area contributed by atoms with Gasteiger partial charge < -0.3 is 4.57 Å². The van der Waals surface area contributed by atoms with E-state index in [9.17, 15) is 0 Å². The summed E-state index contributed by atoms with van der Waals surface area (Å²) in [4.78, 5) is 4.44. The number of hydrogen-bond acceptors (Lipinski definition) is 3. The number of aromatic nitrogens is 4. The van der Waals surface area contributed by atoms with Gasteiger partial charge in [0, 0.05) is 24.6 Å². The second-order valence-corrected chi connectivity index (χ2v) is 5.57. The second-order valence-electron chi connectivity index (χ2n) is 5.18. The van der Waals surface area contributed by atoms with Gasteiger partial charge in [0.15, 0.2) is 0 Å². The Kier molecular flexibility index (Phi) is 3.27. The number of nitrogens with zero attached hydrogens (tertiary/aromatic N) is 4. The van der Waals surface area contributed by atoms with Gasteiger partial charge in [-0.15, -0.1) is 10.2 Å². The van der Waals surface area contributed by atoms with E-state index >= 15 is 0 Å². The molecule has 2 heterocycles. The van der Waals surface area contributed by atoms with Crippen molar-refractivity contribution in [3.63, 3.8) is 0 Å². The molecule has 2 aromatic rings. The molecule has 1 saturated carbocycles. The van der Waals surface area contributed by atoms with Gasteiger partial charge >= 0.3 is 0 Å². The number of hydrogen-bond donors (Lipinski definition) is 0. The molecule has 0 radical (unpaired) electrons. The summed E-state index contributed by atoms with van der Waals surface area (Å²) < 4.78 is 1.97. The molecular weight excluding hydrogens is 260 g/mol. The highest BCUT2D eigenvalue weighted by Crippen LogP contribution is 2.41. The van der Waals surface area contributed by atoms with Crippen LogP contribution >= 0.6 is 11.6 Å². The number of halogens is 1. The molecule has 1 atom stereocenters. The van der Waals surface area contributed by atoms with Crippen LogP contribution in [0.1, 0.15) is 55.1 Å². The van der Waals surface area contributed by atoms with Gasteiger partial charge in [0.2, 0.25) is 0 Å². The Morgan fingerprint density at radius 1 is 1.42 bits per heavy atom. The normalized spacial score (nSPS) is 16.6. The quantitative estimate of drug-likeness (QED) is 0.805. The van der Waals surface area contributed by atoms with Gasteiger partial charge in [-0.1, -0.05) is 18.5 Å². The SMILES string of the molecule is CCC(c1cc(Cl)nc(C2CC2)c1)c1nncn1C. The molecule has 0 spiro atoms. The maximum atomic E-state index is 6.17. The average Bonchev–Trinajstić information content (AvgIpc) is 3.15. The van der Waals surface area contributed by atoms with Crippen molar-refractivity contribution in [1.82, 2.24) is 19.7 Å². The smallest absolute Gasteiger partial charge is 0.140 e. The first-order chi connectivity index (χ1) is 9.19. The van der Waals surface area contributed by atoms with Crippen LogP contribution in [-0.2, 0) is 7.05 Å². The summed E-state index contributed by atoms with van der Waals surface area (Å²) in [5, 5.41) is 8.79. The Balaban J connectivity index is 2.01. The standard InChI is InChI=1S/C14H17ClN4/c1-3-11(14-18-16-8-19(14)2)10-6-12(9-4-5-9)17-13(15)7-10/h6-9,11H,3-5H2,1-2H3. The molecule has 3 rings (SSSR count). The number of pyridine rings is 1. The van der Waals surface area contributed by atoms with Crippen LogP contribution in [0.25, 0.3) is 0 Å². The molecule has 0 N–H and O–H groups in total. The van der Waals surface area contributed by atoms with E-state index in [1.165, 1.54) is 18.4 Å². The fourth-order valence-corrected chi connectivity index (χ4v) is 2.73. The molecule has 4 nitrogen and oxygen atoms in total. The molecule has 2 aromatic heterocycles. The third kappa shape index (κ3) is 2.50. The fourth-order valence-electron chi connectivity index (χ4n) is 2.50. The zero-order valence-electron chi connectivity index (χ0n) is 11.2. The van der Waals surface area contributed by atoms with Crippen molar-refractivity contribution in [3.8, 4) is 0 Å². The van der Waals surface area contributed by atoms with Crippen molar-refractivity contribution >= 4 is 11.6 Å². The summed E-state index contributed by atoms with van der Waals surface area (Å²) in [5.74, 6) is 1.81. The van der Waals surface area contributed by atoms with Crippen LogP contribution in [0, 0.1) is 0 Å². The molecule has 1 aliphatic carbocycles. The Morgan fingerprint density at radius 3 is 2.79 bits per heavy atom. The Labute approximate surface area is 117 Å². The summed E-state index contributed by atoms with van der Waals surface area (Å²) >= 11 is 6.17. The summed E-state index contributed by atoms with van der Waals surface area (Å²) in [7, 11) is 1.97. The zero-order chi connectivity index (χ0) is 13.4. The van der Waals surface area contributed by atoms with Gasteiger partial charge in [0.05, 0.1) is 0 Å². The molecule has 0 aliphatic heterocycles. The second kappa shape index (κ2) is 4.93. The largest absolute Gasteiger partial charge is 0.320 e. The molecule has 19 heavy (non-hydrogen) atoms. The van der Waals surface area contributed by atoms with E-state index < -0.39 is 0 Å². The molecule has 0 aromatic carbocycles. The highest BCUT2D eigenvalue weighted by Gasteiger charge is 2.27. The van der Waals surface area contributed by atoms with Crippen molar-refractivity contribution in [2.45, 2.75) is 38.0 Å². The average molecular weight is 277 g/mol. The lowest BCUT2D eigenvalue weighted by Gasteiger charge is -2.15. The zero-order valence-corrected chi connectivity index (χ0v) is 11.9. The van der Waals surface area contributed by atoms with Crippen molar-refractivity contribution in [2.24, 2.45) is 7.05 Å². The molecule has 0 bridgehead atoms. The summed E-state index contributed by atoms with van der Waals surface area (Å²) in [6.45, 7) is 2.16. The van der Waals surface area contributed by atoms with Gasteiger partial charge in [0.1, 0.15) is 17.3 Å². The molecule has 1 aliphatic rings. The third-order valence-corrected chi connectivity index (χ3v) is 3.89. The highest BCUT2D eigenvalue weighted by atomic mass is 35.5. The van der Waals surface area contributed by atoms with E-state index in [0.29, 0.717) is 11.1 Å². The predicted molar refractivity (Wildman–Crippen MR) is 74.4 cm³/mol. The predicted octanol–water partition coefficient (Wildman–Crippen LogP) is 3.28. The van der Waals surface area contributed by atoms with E-state index in [1.54, 1.807) is 6.33 Å². The fraction of sp³-hybridized carbons (Fsp3) is 0.500. The lowest BCUT2D eigenvalue weighted by atomic mass is 9.95. The van der Waals surface area contributed by atoms with Crippen LogP contribution in [0.2, 0.25) is 5.15 Å². The van der Waals surface area contributed by atoms with Gasteiger partial charge in [-0.3, -0.25) is 0 Å². The summed E-state index contributed by atoms with van der Waals surface area (Å²) in [5.41, 5.74) is 2.32. The van der Waals surface area contributed by atoms with E-state index in [0.717, 1.165) is 17.9 Å². The minimum Gasteiger partial charge on any atom is -0.320 e. The lowest BCUT2D eigenvalue weighted by Crippen LogP contribution is -2.08. The molecule has 0 amide bonds. The van der Waals surface area contributed by atoms with Crippen LogP contribution in [0.5, 0.6) is 0 Å². The molecular formula is C14H17ClN4. The van der Waals surface area contributed by atoms with Gasteiger partial charge in [-0.25, -0.2) is 4.98 Å². The van der Waals surface area contributed by atoms with Crippen molar-refractivity contribution in [1.29, 1.82) is 0 Å². The highest BCUT2D eigenvalue weighted by molar-refractivity contribution is 6.29. The minimum atomic E-state index is 0.227. The summed E-state index contributed by atoms with van der Waals surface area (Å²) in [6.07, 6.45) is 5.17. The van der Waals surface area contributed by atoms with E-state index in [4.69, 9.17) is 11.6 Å². The number of aryl methyl sites for hydroxylation is 1. The first-order valence-electron chi connectivity index (χ1n) is 6.70. The topological polar surface area (TPSA) is 43.6 Å². The molecule has 1 unspecified atom stereocenters. The van der Waals surface area contributed by atoms with E-state index in [-0.39, 0.29) is 5.92 Å². The van der Waals surface area contributed by atoms with Gasteiger partial charge in [-0.2, -0.15) is 0 Å². The first-order valence-corrected chi connectivity index (χ1v) is 7.08. The molecule has 1 fully saturated rings. The Hall–Kier alpha value is -1.42. The van der Waals surface area contributed by atoms with Gasteiger partial charge in [-0.05, 0) is 37.0 Å². The van der Waals surface area contributed by atoms with Crippen LogP contribution in [-0.4, -0.2) is 19.7 Å². The van der Waals surface area contributed by atoms with Crippen LogP contribution < -0.4 is 0 Å². The Bertz CT molecular complexity index is 589. The van der Waals surface area contributed by atoms with E-state index in [1.807, 2.05) is 17.7 Å². The maximum absolute atomic E-state index is 6.17. The monoisotopic (exact) mass is 276 g/mol. The van der Waals surface area contributed by atoms with Crippen molar-refractivity contribution < 1.29 is 0 Å². The molecule has 100 valence electrons. The van der Waals surface area contributed by atoms with Crippen LogP contribution in [0.15, 0.2) is 18.5 Å².